The lowest BCUT2D eigenvalue weighted by atomic mass is 9.95. The SMILES string of the molecule is CCC(CC)C(C)Nc1ccnc2c([N+](=O)[O-])cccc12. The number of non-ortho nitro benzene ring substituents is 1. The van der Waals surface area contributed by atoms with Gasteiger partial charge >= 0.3 is 0 Å². The Morgan fingerprint density at radius 2 is 2.00 bits per heavy atom. The van der Waals surface area contributed by atoms with Crippen molar-refractivity contribution in [1.29, 1.82) is 0 Å². The molecule has 1 aromatic heterocycles. The molecule has 5 nitrogen and oxygen atoms in total. The maximum absolute atomic E-state index is 11.1. The van der Waals surface area contributed by atoms with Crippen LogP contribution in [0.3, 0.4) is 0 Å². The quantitative estimate of drug-likeness (QED) is 0.632. The monoisotopic (exact) mass is 287 g/mol. The number of hydrogen-bond acceptors (Lipinski definition) is 4. The van der Waals surface area contributed by atoms with Crippen molar-refractivity contribution in [2.75, 3.05) is 5.32 Å². The van der Waals surface area contributed by atoms with Crippen LogP contribution in [0.5, 0.6) is 0 Å². The molecule has 0 bridgehead atoms. The third-order valence-corrected chi connectivity index (χ3v) is 4.09. The fourth-order valence-corrected chi connectivity index (χ4v) is 2.79. The first-order chi connectivity index (χ1) is 10.1. The van der Waals surface area contributed by atoms with Gasteiger partial charge in [-0.3, -0.25) is 10.1 Å². The van der Waals surface area contributed by atoms with Crippen LogP contribution in [0, 0.1) is 16.0 Å². The lowest BCUT2D eigenvalue weighted by Gasteiger charge is -2.24. The number of fused-ring (bicyclic) bond motifs is 1. The highest BCUT2D eigenvalue weighted by molar-refractivity contribution is 5.96. The minimum Gasteiger partial charge on any atom is -0.382 e. The fourth-order valence-electron chi connectivity index (χ4n) is 2.79. The zero-order chi connectivity index (χ0) is 15.4. The summed E-state index contributed by atoms with van der Waals surface area (Å²) in [6.45, 7) is 6.52. The average molecular weight is 287 g/mol. The number of nitro benzene ring substituents is 1. The summed E-state index contributed by atoms with van der Waals surface area (Å²) in [5, 5.41) is 15.4. The van der Waals surface area contributed by atoms with Crippen LogP contribution in [-0.2, 0) is 0 Å². The molecular formula is C16H21N3O2. The Morgan fingerprint density at radius 3 is 2.62 bits per heavy atom. The van der Waals surface area contributed by atoms with Gasteiger partial charge in [-0.25, -0.2) is 4.98 Å². The largest absolute Gasteiger partial charge is 0.382 e. The Hall–Kier alpha value is -2.17. The molecule has 0 fully saturated rings. The number of nitrogens with one attached hydrogen (secondary N) is 1. The molecule has 0 aliphatic carbocycles. The molecule has 2 rings (SSSR count). The summed E-state index contributed by atoms with van der Waals surface area (Å²) in [6, 6.07) is 7.26. The van der Waals surface area contributed by atoms with Crippen molar-refractivity contribution in [3.05, 3.63) is 40.6 Å². The minimum atomic E-state index is -0.385. The van der Waals surface area contributed by atoms with Crippen LogP contribution in [0.1, 0.15) is 33.6 Å². The Labute approximate surface area is 124 Å². The Bertz CT molecular complexity index is 638. The van der Waals surface area contributed by atoms with Crippen molar-refractivity contribution < 1.29 is 4.92 Å². The zero-order valence-corrected chi connectivity index (χ0v) is 12.7. The number of nitrogens with zero attached hydrogens (tertiary/aromatic N) is 2. The molecule has 0 radical (unpaired) electrons. The van der Waals surface area contributed by atoms with Gasteiger partial charge in [0.1, 0.15) is 5.52 Å². The van der Waals surface area contributed by atoms with E-state index >= 15 is 0 Å². The number of benzene rings is 1. The predicted molar refractivity (Wildman–Crippen MR) is 85.6 cm³/mol. The summed E-state index contributed by atoms with van der Waals surface area (Å²) in [7, 11) is 0. The molecule has 1 aromatic carbocycles. The van der Waals surface area contributed by atoms with Gasteiger partial charge in [0.25, 0.3) is 5.69 Å². The molecule has 1 atom stereocenters. The highest BCUT2D eigenvalue weighted by atomic mass is 16.6. The van der Waals surface area contributed by atoms with Gasteiger partial charge in [0.15, 0.2) is 0 Å². The minimum absolute atomic E-state index is 0.0475. The van der Waals surface area contributed by atoms with Gasteiger partial charge < -0.3 is 5.32 Å². The van der Waals surface area contributed by atoms with Crippen molar-refractivity contribution in [1.82, 2.24) is 4.98 Å². The number of pyridine rings is 1. The van der Waals surface area contributed by atoms with Crippen LogP contribution in [0.25, 0.3) is 10.9 Å². The molecule has 0 amide bonds. The summed E-state index contributed by atoms with van der Waals surface area (Å²) in [5.41, 5.74) is 1.39. The maximum Gasteiger partial charge on any atom is 0.295 e. The van der Waals surface area contributed by atoms with E-state index in [4.69, 9.17) is 0 Å². The second kappa shape index (κ2) is 6.52. The smallest absolute Gasteiger partial charge is 0.295 e. The molecule has 112 valence electrons. The third-order valence-electron chi connectivity index (χ3n) is 4.09. The first kappa shape index (κ1) is 15.2. The van der Waals surface area contributed by atoms with E-state index in [9.17, 15) is 10.1 Å². The molecule has 0 aliphatic rings. The predicted octanol–water partition coefficient (Wildman–Crippen LogP) is 4.38. The topological polar surface area (TPSA) is 68.1 Å². The van der Waals surface area contributed by atoms with Crippen molar-refractivity contribution in [2.45, 2.75) is 39.7 Å². The lowest BCUT2D eigenvalue weighted by molar-refractivity contribution is -0.383. The van der Waals surface area contributed by atoms with Crippen molar-refractivity contribution in [3.8, 4) is 0 Å². The van der Waals surface area contributed by atoms with E-state index in [0.29, 0.717) is 17.5 Å². The molecule has 0 saturated heterocycles. The Morgan fingerprint density at radius 1 is 1.29 bits per heavy atom. The van der Waals surface area contributed by atoms with Crippen molar-refractivity contribution in [2.24, 2.45) is 5.92 Å². The molecule has 1 N–H and O–H groups in total. The van der Waals surface area contributed by atoms with Gasteiger partial charge in [0, 0.05) is 29.4 Å². The summed E-state index contributed by atoms with van der Waals surface area (Å²) in [6.07, 6.45) is 3.83. The Balaban J connectivity index is 2.41. The van der Waals surface area contributed by atoms with E-state index in [1.165, 1.54) is 6.07 Å². The molecule has 1 unspecified atom stereocenters. The van der Waals surface area contributed by atoms with E-state index in [2.05, 4.69) is 31.1 Å². The summed E-state index contributed by atoms with van der Waals surface area (Å²) >= 11 is 0. The van der Waals surface area contributed by atoms with Gasteiger partial charge in [-0.1, -0.05) is 38.8 Å². The van der Waals surface area contributed by atoms with Gasteiger partial charge in [0.2, 0.25) is 0 Å². The number of aromatic nitrogens is 1. The number of hydrogen-bond donors (Lipinski definition) is 1. The molecule has 0 saturated carbocycles. The van der Waals surface area contributed by atoms with E-state index in [0.717, 1.165) is 23.9 Å². The van der Waals surface area contributed by atoms with E-state index in [-0.39, 0.29) is 10.6 Å². The number of anilines is 1. The van der Waals surface area contributed by atoms with E-state index < -0.39 is 0 Å². The first-order valence-electron chi connectivity index (χ1n) is 7.37. The Kier molecular flexibility index (Phi) is 4.73. The molecule has 21 heavy (non-hydrogen) atoms. The first-order valence-corrected chi connectivity index (χ1v) is 7.37. The van der Waals surface area contributed by atoms with Gasteiger partial charge in [0.05, 0.1) is 4.92 Å². The maximum atomic E-state index is 11.1. The number of rotatable bonds is 6. The van der Waals surface area contributed by atoms with Crippen LogP contribution in [0.4, 0.5) is 11.4 Å². The van der Waals surface area contributed by atoms with Crippen LogP contribution in [0.15, 0.2) is 30.5 Å². The van der Waals surface area contributed by atoms with Crippen LogP contribution < -0.4 is 5.32 Å². The van der Waals surface area contributed by atoms with Crippen LogP contribution in [0.2, 0.25) is 0 Å². The number of nitro groups is 1. The normalized spacial score (nSPS) is 12.6. The summed E-state index contributed by atoms with van der Waals surface area (Å²) < 4.78 is 0. The number of para-hydroxylation sites is 1. The standard InChI is InChI=1S/C16H21N3O2/c1-4-12(5-2)11(3)18-14-9-10-17-16-13(14)7-6-8-15(16)19(20)21/h6-12H,4-5H2,1-3H3,(H,17,18). The average Bonchev–Trinajstić information content (AvgIpc) is 2.48. The summed E-state index contributed by atoms with van der Waals surface area (Å²) in [4.78, 5) is 14.9. The molecule has 0 aliphatic heterocycles. The zero-order valence-electron chi connectivity index (χ0n) is 12.7. The van der Waals surface area contributed by atoms with E-state index in [1.807, 2.05) is 12.1 Å². The van der Waals surface area contributed by atoms with Crippen LogP contribution in [-0.4, -0.2) is 15.9 Å². The van der Waals surface area contributed by atoms with Crippen molar-refractivity contribution in [3.63, 3.8) is 0 Å². The van der Waals surface area contributed by atoms with Crippen molar-refractivity contribution >= 4 is 22.3 Å². The van der Waals surface area contributed by atoms with Crippen LogP contribution >= 0.6 is 0 Å². The molecule has 2 aromatic rings. The highest BCUT2D eigenvalue weighted by Gasteiger charge is 2.17. The van der Waals surface area contributed by atoms with Gasteiger partial charge in [-0.15, -0.1) is 0 Å². The lowest BCUT2D eigenvalue weighted by Crippen LogP contribution is -2.25. The second-order valence-corrected chi connectivity index (χ2v) is 5.30. The molecule has 5 heteroatoms. The van der Waals surface area contributed by atoms with E-state index in [1.54, 1.807) is 12.3 Å². The van der Waals surface area contributed by atoms with Gasteiger partial charge in [-0.2, -0.15) is 0 Å². The summed E-state index contributed by atoms with van der Waals surface area (Å²) in [5.74, 6) is 0.576. The van der Waals surface area contributed by atoms with Gasteiger partial charge in [-0.05, 0) is 18.9 Å². The molecular weight excluding hydrogens is 266 g/mol. The fraction of sp³-hybridized carbons (Fsp3) is 0.438. The third kappa shape index (κ3) is 3.12. The molecule has 1 heterocycles. The highest BCUT2D eigenvalue weighted by Crippen LogP contribution is 2.29. The second-order valence-electron chi connectivity index (χ2n) is 5.30. The molecule has 0 spiro atoms.